The van der Waals surface area contributed by atoms with Crippen LogP contribution in [-0.2, 0) is 9.53 Å². The highest BCUT2D eigenvalue weighted by molar-refractivity contribution is 14.1. The molecule has 0 saturated carbocycles. The van der Waals surface area contributed by atoms with Gasteiger partial charge in [-0.25, -0.2) is 4.79 Å². The molecule has 22 heavy (non-hydrogen) atoms. The first kappa shape index (κ1) is 21.9. The van der Waals surface area contributed by atoms with Crippen molar-refractivity contribution in [3.05, 3.63) is 11.6 Å². The molecule has 130 valence electrons. The SMILES string of the molecule is CCCCCCCCCCCCC/C=C(\CI)C(=O)OCC. The van der Waals surface area contributed by atoms with Gasteiger partial charge in [-0.05, 0) is 19.8 Å². The molecule has 0 aliphatic heterocycles. The Bertz CT molecular complexity index is 287. The Morgan fingerprint density at radius 2 is 1.36 bits per heavy atom. The molecule has 0 fully saturated rings. The second-order valence-corrected chi connectivity index (χ2v) is 6.67. The Morgan fingerprint density at radius 3 is 1.82 bits per heavy atom. The molecule has 0 aliphatic carbocycles. The summed E-state index contributed by atoms with van der Waals surface area (Å²) in [5.41, 5.74) is 0.828. The van der Waals surface area contributed by atoms with Crippen molar-refractivity contribution in [3.8, 4) is 0 Å². The van der Waals surface area contributed by atoms with Gasteiger partial charge in [0.2, 0.25) is 0 Å². The monoisotopic (exact) mass is 422 g/mol. The van der Waals surface area contributed by atoms with Gasteiger partial charge in [0.15, 0.2) is 0 Å². The molecule has 2 nitrogen and oxygen atoms in total. The standard InChI is InChI=1S/C19H35IO2/c1-3-5-6-7-8-9-10-11-12-13-14-15-16-18(17-20)19(21)22-4-2/h16H,3-15,17H2,1-2H3/b18-16+. The van der Waals surface area contributed by atoms with Crippen LogP contribution in [0.25, 0.3) is 0 Å². The van der Waals surface area contributed by atoms with Gasteiger partial charge in [-0.15, -0.1) is 0 Å². The number of carbonyl (C=O) groups excluding carboxylic acids is 1. The summed E-state index contributed by atoms with van der Waals surface area (Å²) in [7, 11) is 0. The minimum absolute atomic E-state index is 0.139. The molecule has 0 radical (unpaired) electrons. The first-order valence-electron chi connectivity index (χ1n) is 9.18. The molecule has 0 aromatic carbocycles. The lowest BCUT2D eigenvalue weighted by Crippen LogP contribution is -2.08. The van der Waals surface area contributed by atoms with Gasteiger partial charge < -0.3 is 4.74 Å². The minimum atomic E-state index is -0.139. The summed E-state index contributed by atoms with van der Waals surface area (Å²) < 4.78 is 5.79. The molecule has 0 bridgehead atoms. The van der Waals surface area contributed by atoms with E-state index in [1.54, 1.807) is 0 Å². The highest BCUT2D eigenvalue weighted by Crippen LogP contribution is 2.13. The Labute approximate surface area is 151 Å². The Balaban J connectivity index is 3.43. The number of halogens is 1. The zero-order valence-electron chi connectivity index (χ0n) is 14.7. The van der Waals surface area contributed by atoms with Gasteiger partial charge >= 0.3 is 5.97 Å². The van der Waals surface area contributed by atoms with Gasteiger partial charge in [0.25, 0.3) is 0 Å². The van der Waals surface area contributed by atoms with E-state index < -0.39 is 0 Å². The fourth-order valence-electron chi connectivity index (χ4n) is 2.50. The van der Waals surface area contributed by atoms with E-state index in [4.69, 9.17) is 4.74 Å². The van der Waals surface area contributed by atoms with Crippen LogP contribution >= 0.6 is 22.6 Å². The Hall–Kier alpha value is -0.0600. The molecule has 0 N–H and O–H groups in total. The van der Waals surface area contributed by atoms with Crippen molar-refractivity contribution in [1.29, 1.82) is 0 Å². The highest BCUT2D eigenvalue weighted by atomic mass is 127. The van der Waals surface area contributed by atoms with Crippen LogP contribution in [0.3, 0.4) is 0 Å². The van der Waals surface area contributed by atoms with E-state index in [1.807, 2.05) is 6.92 Å². The maximum absolute atomic E-state index is 11.6. The van der Waals surface area contributed by atoms with Crippen molar-refractivity contribution in [1.82, 2.24) is 0 Å². The first-order chi connectivity index (χ1) is 10.8. The van der Waals surface area contributed by atoms with Crippen molar-refractivity contribution >= 4 is 28.6 Å². The second-order valence-electron chi connectivity index (χ2n) is 5.91. The highest BCUT2D eigenvalue weighted by Gasteiger charge is 2.07. The Kier molecular flexibility index (Phi) is 17.2. The second kappa shape index (κ2) is 17.3. The van der Waals surface area contributed by atoms with E-state index in [0.29, 0.717) is 6.61 Å². The molecule has 0 heterocycles. The molecule has 0 unspecified atom stereocenters. The molecule has 0 saturated heterocycles. The van der Waals surface area contributed by atoms with Crippen LogP contribution < -0.4 is 0 Å². The molecule has 0 aromatic heterocycles. The minimum Gasteiger partial charge on any atom is -0.463 e. The zero-order chi connectivity index (χ0) is 16.5. The van der Waals surface area contributed by atoms with E-state index in [9.17, 15) is 4.79 Å². The van der Waals surface area contributed by atoms with E-state index in [1.165, 1.54) is 70.6 Å². The summed E-state index contributed by atoms with van der Waals surface area (Å²) >= 11 is 2.23. The quantitative estimate of drug-likeness (QED) is 0.0976. The fraction of sp³-hybridized carbons (Fsp3) is 0.842. The first-order valence-corrected chi connectivity index (χ1v) is 10.7. The average Bonchev–Trinajstić information content (AvgIpc) is 2.52. The van der Waals surface area contributed by atoms with Crippen LogP contribution in [0.15, 0.2) is 11.6 Å². The lowest BCUT2D eigenvalue weighted by atomic mass is 10.0. The molecule has 0 rings (SSSR count). The summed E-state index contributed by atoms with van der Waals surface area (Å²) in [5, 5.41) is 0. The van der Waals surface area contributed by atoms with E-state index in [-0.39, 0.29) is 5.97 Å². The van der Waals surface area contributed by atoms with Crippen molar-refractivity contribution in [3.63, 3.8) is 0 Å². The molecule has 0 aliphatic rings. The summed E-state index contributed by atoms with van der Waals surface area (Å²) in [4.78, 5) is 11.6. The number of unbranched alkanes of at least 4 members (excludes halogenated alkanes) is 11. The molecule has 0 amide bonds. The van der Waals surface area contributed by atoms with Gasteiger partial charge in [-0.2, -0.15) is 0 Å². The smallest absolute Gasteiger partial charge is 0.334 e. The summed E-state index contributed by atoms with van der Waals surface area (Å²) in [6.07, 6.45) is 18.1. The summed E-state index contributed by atoms with van der Waals surface area (Å²) in [5.74, 6) is -0.139. The number of allylic oxidation sites excluding steroid dienone is 1. The van der Waals surface area contributed by atoms with Crippen molar-refractivity contribution < 1.29 is 9.53 Å². The normalized spacial score (nSPS) is 11.7. The predicted octanol–water partition coefficient (Wildman–Crippen LogP) is 6.61. The third-order valence-corrected chi connectivity index (χ3v) is 4.70. The van der Waals surface area contributed by atoms with E-state index in [0.717, 1.165) is 16.4 Å². The third kappa shape index (κ3) is 13.6. The number of alkyl halides is 1. The molecular formula is C19H35IO2. The van der Waals surface area contributed by atoms with E-state index in [2.05, 4.69) is 35.6 Å². The van der Waals surface area contributed by atoms with Crippen molar-refractivity contribution in [2.75, 3.05) is 11.0 Å². The van der Waals surface area contributed by atoms with Gasteiger partial charge in [0, 0.05) is 10.0 Å². The van der Waals surface area contributed by atoms with Gasteiger partial charge in [0.05, 0.1) is 6.61 Å². The van der Waals surface area contributed by atoms with E-state index >= 15 is 0 Å². The number of carbonyl (C=O) groups is 1. The zero-order valence-corrected chi connectivity index (χ0v) is 16.8. The average molecular weight is 422 g/mol. The maximum atomic E-state index is 11.6. The van der Waals surface area contributed by atoms with Crippen molar-refractivity contribution in [2.24, 2.45) is 0 Å². The van der Waals surface area contributed by atoms with Crippen LogP contribution in [0.5, 0.6) is 0 Å². The van der Waals surface area contributed by atoms with Gasteiger partial charge in [-0.1, -0.05) is 99.8 Å². The molecular weight excluding hydrogens is 387 g/mol. The van der Waals surface area contributed by atoms with Crippen LogP contribution in [-0.4, -0.2) is 17.0 Å². The third-order valence-electron chi connectivity index (χ3n) is 3.88. The summed E-state index contributed by atoms with van der Waals surface area (Å²) in [6, 6.07) is 0. The largest absolute Gasteiger partial charge is 0.463 e. The van der Waals surface area contributed by atoms with Crippen LogP contribution in [0.1, 0.15) is 90.9 Å². The van der Waals surface area contributed by atoms with Crippen molar-refractivity contribution in [2.45, 2.75) is 90.9 Å². The molecule has 0 aromatic rings. The van der Waals surface area contributed by atoms with Crippen LogP contribution in [0.2, 0.25) is 0 Å². The molecule has 0 spiro atoms. The number of hydrogen-bond acceptors (Lipinski definition) is 2. The lowest BCUT2D eigenvalue weighted by molar-refractivity contribution is -0.138. The Morgan fingerprint density at radius 1 is 0.864 bits per heavy atom. The molecule has 3 heteroatoms. The fourth-order valence-corrected chi connectivity index (χ4v) is 3.12. The molecule has 0 atom stereocenters. The number of ether oxygens (including phenoxy) is 1. The van der Waals surface area contributed by atoms with Crippen LogP contribution in [0.4, 0.5) is 0 Å². The predicted molar refractivity (Wildman–Crippen MR) is 105 cm³/mol. The van der Waals surface area contributed by atoms with Gasteiger partial charge in [-0.3, -0.25) is 0 Å². The number of hydrogen-bond donors (Lipinski definition) is 0. The summed E-state index contributed by atoms with van der Waals surface area (Å²) in [6.45, 7) is 4.59. The van der Waals surface area contributed by atoms with Crippen LogP contribution in [0, 0.1) is 0 Å². The topological polar surface area (TPSA) is 26.3 Å². The number of esters is 1. The number of rotatable bonds is 15. The van der Waals surface area contributed by atoms with Gasteiger partial charge in [0.1, 0.15) is 0 Å². The maximum Gasteiger partial charge on any atom is 0.334 e. The lowest BCUT2D eigenvalue weighted by Gasteiger charge is -2.04.